The van der Waals surface area contributed by atoms with Gasteiger partial charge in [-0.15, -0.1) is 0 Å². The molecular formula is C47H81NO7S. The van der Waals surface area contributed by atoms with Crippen LogP contribution < -0.4 is 5.32 Å². The van der Waals surface area contributed by atoms with E-state index in [1.165, 1.54) is 147 Å². The monoisotopic (exact) mass is 804 g/mol. The Kier molecular flexibility index (Phi) is 34.9. The Morgan fingerprint density at radius 1 is 0.554 bits per heavy atom. The zero-order valence-electron chi connectivity index (χ0n) is 35.9. The summed E-state index contributed by atoms with van der Waals surface area (Å²) < 4.78 is 16.9. The third-order valence-corrected chi connectivity index (χ3v) is 11.3. The minimum absolute atomic E-state index is 0.0299. The Balaban J connectivity index is 2.46. The van der Waals surface area contributed by atoms with Crippen molar-refractivity contribution in [1.82, 2.24) is 5.32 Å². The van der Waals surface area contributed by atoms with Gasteiger partial charge in [0.05, 0.1) is 0 Å². The number of carbonyl (C=O) groups excluding carboxylic acids is 4. The van der Waals surface area contributed by atoms with Gasteiger partial charge in [0.2, 0.25) is 5.91 Å². The van der Waals surface area contributed by atoms with Crippen molar-refractivity contribution in [3.63, 3.8) is 0 Å². The number of benzene rings is 1. The smallest absolute Gasteiger partial charge is 0.329 e. The first kappa shape index (κ1) is 51.5. The molecule has 0 saturated heterocycles. The maximum atomic E-state index is 12.9. The maximum Gasteiger partial charge on any atom is 0.329 e. The number of amides is 1. The third kappa shape index (κ3) is 32.5. The average Bonchev–Trinajstić information content (AvgIpc) is 3.19. The highest BCUT2D eigenvalue weighted by Gasteiger charge is 2.24. The van der Waals surface area contributed by atoms with Gasteiger partial charge in [-0.3, -0.25) is 14.4 Å². The molecule has 9 heteroatoms. The van der Waals surface area contributed by atoms with Crippen LogP contribution in [-0.4, -0.2) is 54.1 Å². The van der Waals surface area contributed by atoms with Crippen LogP contribution in [0.1, 0.15) is 206 Å². The molecule has 56 heavy (non-hydrogen) atoms. The second-order valence-corrected chi connectivity index (χ2v) is 16.7. The molecule has 0 spiro atoms. The van der Waals surface area contributed by atoms with Gasteiger partial charge in [0.25, 0.3) is 0 Å². The fraction of sp³-hybridized carbons (Fsp3) is 0.787. The molecule has 0 aliphatic carbocycles. The summed E-state index contributed by atoms with van der Waals surface area (Å²) in [4.78, 5) is 50.3. The molecule has 0 aliphatic rings. The van der Waals surface area contributed by atoms with Crippen LogP contribution in [-0.2, 0) is 40.0 Å². The zero-order valence-corrected chi connectivity index (χ0v) is 36.8. The van der Waals surface area contributed by atoms with Crippen LogP contribution in [0.5, 0.6) is 0 Å². The maximum absolute atomic E-state index is 12.9. The molecule has 8 nitrogen and oxygen atoms in total. The normalized spacial score (nSPS) is 12.2. The number of thioether (sulfide) groups is 1. The molecule has 0 heterocycles. The number of hydrogen-bond donors (Lipinski definition) is 1. The van der Waals surface area contributed by atoms with Crippen molar-refractivity contribution in [2.45, 2.75) is 219 Å². The fourth-order valence-corrected chi connectivity index (χ4v) is 7.77. The number of rotatable bonds is 39. The topological polar surface area (TPSA) is 108 Å². The van der Waals surface area contributed by atoms with Crippen LogP contribution in [0, 0.1) is 0 Å². The van der Waals surface area contributed by atoms with Gasteiger partial charge in [-0.2, -0.15) is 11.8 Å². The lowest BCUT2D eigenvalue weighted by Crippen LogP contribution is -2.43. The van der Waals surface area contributed by atoms with Crippen LogP contribution in [0.4, 0.5) is 0 Å². The second kappa shape index (κ2) is 38.0. The first-order valence-electron chi connectivity index (χ1n) is 22.8. The molecule has 1 amide bonds. The van der Waals surface area contributed by atoms with Crippen LogP contribution in [0.25, 0.3) is 0 Å². The predicted molar refractivity (Wildman–Crippen MR) is 233 cm³/mol. The number of hydrogen-bond acceptors (Lipinski definition) is 8. The van der Waals surface area contributed by atoms with Gasteiger partial charge in [-0.1, -0.05) is 198 Å². The van der Waals surface area contributed by atoms with E-state index in [9.17, 15) is 19.2 Å². The summed E-state index contributed by atoms with van der Waals surface area (Å²) in [6, 6.07) is 8.51. The number of nitrogens with one attached hydrogen (secondary N) is 1. The Hall–Kier alpha value is -2.55. The molecule has 0 fully saturated rings. The summed E-state index contributed by atoms with van der Waals surface area (Å²) in [6.45, 7) is 5.95. The van der Waals surface area contributed by atoms with Gasteiger partial charge in [-0.05, 0) is 18.4 Å². The summed E-state index contributed by atoms with van der Waals surface area (Å²) >= 11 is 1.36. The predicted octanol–water partition coefficient (Wildman–Crippen LogP) is 12.4. The molecule has 1 aromatic rings. The third-order valence-electron chi connectivity index (χ3n) is 10.2. The Morgan fingerprint density at radius 3 is 1.43 bits per heavy atom. The van der Waals surface area contributed by atoms with Gasteiger partial charge in [-0.25, -0.2) is 4.79 Å². The molecule has 0 unspecified atom stereocenters. The van der Waals surface area contributed by atoms with Crippen LogP contribution in [0.2, 0.25) is 0 Å². The van der Waals surface area contributed by atoms with Gasteiger partial charge in [0.15, 0.2) is 0 Å². The number of carbonyl (C=O) groups is 4. The molecule has 0 bridgehead atoms. The van der Waals surface area contributed by atoms with Crippen molar-refractivity contribution in [3.8, 4) is 0 Å². The Bertz CT molecular complexity index is 1100. The molecule has 0 aromatic heterocycles. The van der Waals surface area contributed by atoms with Crippen molar-refractivity contribution in [1.29, 1.82) is 0 Å². The van der Waals surface area contributed by atoms with Crippen molar-refractivity contribution >= 4 is 35.6 Å². The van der Waals surface area contributed by atoms with E-state index in [0.717, 1.165) is 44.1 Å². The minimum Gasteiger partial charge on any atom is -0.462 e. The fourth-order valence-electron chi connectivity index (χ4n) is 6.75. The quantitative estimate of drug-likeness (QED) is 0.0398. The molecule has 1 rings (SSSR count). The zero-order chi connectivity index (χ0) is 40.7. The highest BCUT2D eigenvalue weighted by Crippen LogP contribution is 2.17. The van der Waals surface area contributed by atoms with Gasteiger partial charge in [0.1, 0.15) is 25.4 Å². The van der Waals surface area contributed by atoms with E-state index in [1.54, 1.807) is 0 Å². The Labute approximate surface area is 346 Å². The van der Waals surface area contributed by atoms with E-state index in [-0.39, 0.29) is 36.8 Å². The summed E-state index contributed by atoms with van der Waals surface area (Å²) in [7, 11) is 0. The first-order chi connectivity index (χ1) is 27.3. The summed E-state index contributed by atoms with van der Waals surface area (Å²) in [5.41, 5.74) is 0.853. The number of esters is 3. The van der Waals surface area contributed by atoms with Crippen molar-refractivity contribution < 1.29 is 33.4 Å². The van der Waals surface area contributed by atoms with E-state index in [1.807, 2.05) is 30.3 Å². The van der Waals surface area contributed by atoms with E-state index < -0.39 is 18.1 Å². The second-order valence-electron chi connectivity index (χ2n) is 15.7. The highest BCUT2D eigenvalue weighted by molar-refractivity contribution is 7.99. The molecule has 0 saturated carbocycles. The molecule has 1 aromatic carbocycles. The molecule has 322 valence electrons. The van der Waals surface area contributed by atoms with Crippen molar-refractivity contribution in [3.05, 3.63) is 35.9 Å². The lowest BCUT2D eigenvalue weighted by molar-refractivity contribution is -0.157. The first-order valence-corrected chi connectivity index (χ1v) is 23.9. The largest absolute Gasteiger partial charge is 0.462 e. The van der Waals surface area contributed by atoms with Crippen molar-refractivity contribution in [2.24, 2.45) is 0 Å². The van der Waals surface area contributed by atoms with Crippen LogP contribution >= 0.6 is 11.8 Å². The summed E-state index contributed by atoms with van der Waals surface area (Å²) in [5, 5.41) is 2.68. The summed E-state index contributed by atoms with van der Waals surface area (Å²) in [5.74, 6) is -0.902. The van der Waals surface area contributed by atoms with Gasteiger partial charge < -0.3 is 19.5 Å². The SMILES string of the molecule is CCCCCCCCCCCCCCCC(=O)OC[C@H](CSC[C@H](NC(C)=O)C(=O)OCc1ccccc1)OC(=O)CCCCCCCCCCCCCCC. The van der Waals surface area contributed by atoms with E-state index in [4.69, 9.17) is 14.2 Å². The van der Waals surface area contributed by atoms with E-state index in [0.29, 0.717) is 18.6 Å². The highest BCUT2D eigenvalue weighted by atomic mass is 32.2. The lowest BCUT2D eigenvalue weighted by Gasteiger charge is -2.20. The minimum atomic E-state index is -0.860. The Morgan fingerprint density at radius 2 is 0.982 bits per heavy atom. The molecular weight excluding hydrogens is 723 g/mol. The van der Waals surface area contributed by atoms with E-state index in [2.05, 4.69) is 19.2 Å². The van der Waals surface area contributed by atoms with Gasteiger partial charge in [0, 0.05) is 31.3 Å². The van der Waals surface area contributed by atoms with Crippen molar-refractivity contribution in [2.75, 3.05) is 18.1 Å². The number of ether oxygens (including phenoxy) is 3. The standard InChI is InChI=1S/C47H81NO7S/c1-4-6-8-10-12-14-16-18-20-22-24-26-31-35-45(50)53-38-43(55-46(51)36-32-27-25-23-21-19-17-15-13-11-9-7-5-2)39-56-40-44(48-41(3)49)47(52)54-37-42-33-29-28-30-34-42/h28-30,33-34,43-44H,4-27,31-32,35-40H2,1-3H3,(H,48,49)/t43-,44+/m1/s1. The molecule has 2 atom stereocenters. The van der Waals surface area contributed by atoms with E-state index >= 15 is 0 Å². The van der Waals surface area contributed by atoms with Crippen LogP contribution in [0.15, 0.2) is 30.3 Å². The average molecular weight is 804 g/mol. The molecule has 1 N–H and O–H groups in total. The van der Waals surface area contributed by atoms with Gasteiger partial charge >= 0.3 is 17.9 Å². The number of unbranched alkanes of at least 4 members (excludes halogenated alkanes) is 24. The molecule has 0 radical (unpaired) electrons. The molecule has 0 aliphatic heterocycles. The summed E-state index contributed by atoms with van der Waals surface area (Å²) in [6.07, 6.45) is 32.2. The lowest BCUT2D eigenvalue weighted by atomic mass is 10.0. The van der Waals surface area contributed by atoms with Crippen LogP contribution in [0.3, 0.4) is 0 Å².